The minimum atomic E-state index is -0.433. The number of piperidine rings is 1. The maximum absolute atomic E-state index is 9.67. The molecule has 1 aliphatic rings. The molecular formula is C16H25BrN2O. The summed E-state index contributed by atoms with van der Waals surface area (Å²) in [6, 6.07) is 6.22. The first-order chi connectivity index (χ1) is 9.47. The Balaban J connectivity index is 1.98. The third-order valence-corrected chi connectivity index (χ3v) is 4.93. The topological polar surface area (TPSA) is 26.7 Å². The standard InChI is InChI=1S/C16H25BrN2O/c1-12(20)15-5-4-14(10-16(15)17)19(3)11-13-6-8-18(2)9-7-13/h4-5,10,12-13,20H,6-9,11H2,1-3H3. The summed E-state index contributed by atoms with van der Waals surface area (Å²) < 4.78 is 0.986. The maximum Gasteiger partial charge on any atom is 0.0772 e. The first-order valence-electron chi connectivity index (χ1n) is 7.34. The van der Waals surface area contributed by atoms with E-state index in [1.165, 1.54) is 31.6 Å². The molecule has 0 saturated carbocycles. The second-order valence-corrected chi connectivity index (χ2v) is 6.86. The minimum Gasteiger partial charge on any atom is -0.389 e. The number of nitrogens with zero attached hydrogens (tertiary/aromatic N) is 2. The Morgan fingerprint density at radius 3 is 2.60 bits per heavy atom. The monoisotopic (exact) mass is 340 g/mol. The van der Waals surface area contributed by atoms with Crippen LogP contribution in [0.3, 0.4) is 0 Å². The molecule has 2 rings (SSSR count). The SMILES string of the molecule is CC(O)c1ccc(N(C)CC2CCN(C)CC2)cc1Br. The van der Waals surface area contributed by atoms with Gasteiger partial charge in [0.2, 0.25) is 0 Å². The van der Waals surface area contributed by atoms with Gasteiger partial charge in [-0.1, -0.05) is 22.0 Å². The number of rotatable bonds is 4. The first-order valence-corrected chi connectivity index (χ1v) is 8.14. The Morgan fingerprint density at radius 2 is 2.05 bits per heavy atom. The highest BCUT2D eigenvalue weighted by Gasteiger charge is 2.18. The van der Waals surface area contributed by atoms with E-state index in [0.717, 1.165) is 22.5 Å². The van der Waals surface area contributed by atoms with Gasteiger partial charge in [0.1, 0.15) is 0 Å². The fraction of sp³-hybridized carbons (Fsp3) is 0.625. The Labute approximate surface area is 130 Å². The summed E-state index contributed by atoms with van der Waals surface area (Å²) in [5.74, 6) is 0.784. The number of benzene rings is 1. The van der Waals surface area contributed by atoms with Crippen molar-refractivity contribution in [1.29, 1.82) is 0 Å². The van der Waals surface area contributed by atoms with Crippen molar-refractivity contribution in [2.24, 2.45) is 5.92 Å². The molecule has 3 nitrogen and oxygen atoms in total. The largest absolute Gasteiger partial charge is 0.389 e. The molecule has 0 aromatic heterocycles. The maximum atomic E-state index is 9.67. The first kappa shape index (κ1) is 15.8. The van der Waals surface area contributed by atoms with Gasteiger partial charge in [0.25, 0.3) is 0 Å². The lowest BCUT2D eigenvalue weighted by Gasteiger charge is -2.32. The molecule has 112 valence electrons. The number of hydrogen-bond acceptors (Lipinski definition) is 3. The average Bonchev–Trinajstić information content (AvgIpc) is 2.40. The third-order valence-electron chi connectivity index (χ3n) is 4.25. The predicted molar refractivity (Wildman–Crippen MR) is 88.3 cm³/mol. The normalized spacial score (nSPS) is 19.1. The van der Waals surface area contributed by atoms with E-state index in [0.29, 0.717) is 0 Å². The van der Waals surface area contributed by atoms with Crippen LogP contribution in [0, 0.1) is 5.92 Å². The molecule has 1 saturated heterocycles. The lowest BCUT2D eigenvalue weighted by atomic mass is 9.96. The van der Waals surface area contributed by atoms with Crippen LogP contribution in [-0.4, -0.2) is 43.7 Å². The average molecular weight is 341 g/mol. The van der Waals surface area contributed by atoms with Crippen molar-refractivity contribution in [2.45, 2.75) is 25.9 Å². The highest BCUT2D eigenvalue weighted by Crippen LogP contribution is 2.29. The second-order valence-electron chi connectivity index (χ2n) is 6.01. The summed E-state index contributed by atoms with van der Waals surface area (Å²) >= 11 is 3.56. The van der Waals surface area contributed by atoms with Gasteiger partial charge in [-0.25, -0.2) is 0 Å². The number of aliphatic hydroxyl groups excluding tert-OH is 1. The third kappa shape index (κ3) is 3.96. The molecule has 1 unspecified atom stereocenters. The molecular weight excluding hydrogens is 316 g/mol. The molecule has 0 radical (unpaired) electrons. The Kier molecular flexibility index (Phi) is 5.47. The van der Waals surface area contributed by atoms with Crippen LogP contribution < -0.4 is 4.90 Å². The smallest absolute Gasteiger partial charge is 0.0772 e. The number of halogens is 1. The summed E-state index contributed by atoms with van der Waals surface area (Å²) in [5.41, 5.74) is 2.15. The van der Waals surface area contributed by atoms with Crippen molar-refractivity contribution in [3.63, 3.8) is 0 Å². The lowest BCUT2D eigenvalue weighted by Crippen LogP contribution is -2.35. The van der Waals surface area contributed by atoms with Crippen molar-refractivity contribution in [3.05, 3.63) is 28.2 Å². The molecule has 20 heavy (non-hydrogen) atoms. The summed E-state index contributed by atoms with van der Waals surface area (Å²) in [7, 11) is 4.36. The Hall–Kier alpha value is -0.580. The molecule has 0 spiro atoms. The summed E-state index contributed by atoms with van der Waals surface area (Å²) in [6.45, 7) is 5.32. The van der Waals surface area contributed by atoms with E-state index < -0.39 is 6.10 Å². The van der Waals surface area contributed by atoms with Gasteiger partial charge in [-0.3, -0.25) is 0 Å². The molecule has 1 N–H and O–H groups in total. The van der Waals surface area contributed by atoms with Gasteiger partial charge >= 0.3 is 0 Å². The summed E-state index contributed by atoms with van der Waals surface area (Å²) in [4.78, 5) is 4.73. The number of hydrogen-bond donors (Lipinski definition) is 1. The molecule has 0 aliphatic carbocycles. The zero-order valence-electron chi connectivity index (χ0n) is 12.6. The van der Waals surface area contributed by atoms with Gasteiger partial charge < -0.3 is 14.9 Å². The second kappa shape index (κ2) is 6.92. The molecule has 1 aliphatic heterocycles. The highest BCUT2D eigenvalue weighted by atomic mass is 79.9. The molecule has 1 aromatic rings. The van der Waals surface area contributed by atoms with Gasteiger partial charge in [-0.05, 0) is 63.5 Å². The lowest BCUT2D eigenvalue weighted by molar-refractivity contribution is 0.198. The van der Waals surface area contributed by atoms with Crippen molar-refractivity contribution in [2.75, 3.05) is 38.6 Å². The van der Waals surface area contributed by atoms with Gasteiger partial charge in [-0.2, -0.15) is 0 Å². The van der Waals surface area contributed by atoms with Crippen LogP contribution >= 0.6 is 15.9 Å². The zero-order valence-corrected chi connectivity index (χ0v) is 14.2. The van der Waals surface area contributed by atoms with E-state index >= 15 is 0 Å². The molecule has 1 heterocycles. The molecule has 4 heteroatoms. The van der Waals surface area contributed by atoms with Crippen molar-refractivity contribution < 1.29 is 5.11 Å². The van der Waals surface area contributed by atoms with E-state index in [1.807, 2.05) is 6.07 Å². The Bertz CT molecular complexity index is 442. The quantitative estimate of drug-likeness (QED) is 0.911. The molecule has 0 amide bonds. The van der Waals surface area contributed by atoms with Crippen LogP contribution in [-0.2, 0) is 0 Å². The van der Waals surface area contributed by atoms with Crippen LogP contribution in [0.5, 0.6) is 0 Å². The summed E-state index contributed by atoms with van der Waals surface area (Å²) in [6.07, 6.45) is 2.14. The van der Waals surface area contributed by atoms with Crippen molar-refractivity contribution in [3.8, 4) is 0 Å². The van der Waals surface area contributed by atoms with Crippen LogP contribution in [0.25, 0.3) is 0 Å². The summed E-state index contributed by atoms with van der Waals surface area (Å²) in [5, 5.41) is 9.67. The molecule has 1 aromatic carbocycles. The van der Waals surface area contributed by atoms with E-state index in [9.17, 15) is 5.11 Å². The van der Waals surface area contributed by atoms with E-state index in [4.69, 9.17) is 0 Å². The molecule has 0 bridgehead atoms. The van der Waals surface area contributed by atoms with Crippen LogP contribution in [0.15, 0.2) is 22.7 Å². The van der Waals surface area contributed by atoms with E-state index in [-0.39, 0.29) is 0 Å². The van der Waals surface area contributed by atoms with E-state index in [1.54, 1.807) is 6.92 Å². The highest BCUT2D eigenvalue weighted by molar-refractivity contribution is 9.10. The van der Waals surface area contributed by atoms with Crippen molar-refractivity contribution >= 4 is 21.6 Å². The van der Waals surface area contributed by atoms with Gasteiger partial charge in [-0.15, -0.1) is 0 Å². The van der Waals surface area contributed by atoms with Gasteiger partial charge in [0, 0.05) is 23.8 Å². The van der Waals surface area contributed by atoms with E-state index in [2.05, 4.69) is 52.0 Å². The van der Waals surface area contributed by atoms with Gasteiger partial charge in [0.15, 0.2) is 0 Å². The predicted octanol–water partition coefficient (Wildman–Crippen LogP) is 3.28. The fourth-order valence-electron chi connectivity index (χ4n) is 2.83. The van der Waals surface area contributed by atoms with Gasteiger partial charge in [0.05, 0.1) is 6.10 Å². The minimum absolute atomic E-state index is 0.433. The number of likely N-dealkylation sites (tertiary alicyclic amines) is 1. The van der Waals surface area contributed by atoms with Crippen LogP contribution in [0.2, 0.25) is 0 Å². The molecule has 1 atom stereocenters. The van der Waals surface area contributed by atoms with Crippen LogP contribution in [0.4, 0.5) is 5.69 Å². The van der Waals surface area contributed by atoms with Crippen LogP contribution in [0.1, 0.15) is 31.4 Å². The zero-order chi connectivity index (χ0) is 14.7. The molecule has 1 fully saturated rings. The Morgan fingerprint density at radius 1 is 1.40 bits per heavy atom. The number of aliphatic hydroxyl groups is 1. The number of anilines is 1. The van der Waals surface area contributed by atoms with Crippen molar-refractivity contribution in [1.82, 2.24) is 4.90 Å². The fourth-order valence-corrected chi connectivity index (χ4v) is 3.53.